The summed E-state index contributed by atoms with van der Waals surface area (Å²) in [6, 6.07) is 20.6. The molecule has 0 bridgehead atoms. The molecule has 2 aromatic carbocycles. The van der Waals surface area contributed by atoms with E-state index in [0.717, 1.165) is 21.9 Å². The number of nitrogens with zero attached hydrogens (tertiary/aromatic N) is 1. The Morgan fingerprint density at radius 1 is 0.737 bits per heavy atom. The van der Waals surface area contributed by atoms with Gasteiger partial charge in [0.25, 0.3) is 0 Å². The number of furan rings is 1. The van der Waals surface area contributed by atoms with Gasteiger partial charge in [-0.1, -0.05) is 36.4 Å². The highest BCUT2D eigenvalue weighted by molar-refractivity contribution is 6.04. The van der Waals surface area contributed by atoms with Crippen LogP contribution in [-0.2, 0) is 0 Å². The lowest BCUT2D eigenvalue weighted by Gasteiger charge is -2.00. The van der Waals surface area contributed by atoms with Crippen LogP contribution >= 0.6 is 0 Å². The largest absolute Gasteiger partial charge is 0.438 e. The molecule has 0 aliphatic rings. The number of hydrogen-bond acceptors (Lipinski definition) is 2. The predicted molar refractivity (Wildman–Crippen MR) is 77.0 cm³/mol. The molecule has 0 saturated heterocycles. The Morgan fingerprint density at radius 3 is 2.53 bits per heavy atom. The molecule has 0 spiro atoms. The molecule has 0 N–H and O–H groups in total. The van der Waals surface area contributed by atoms with Crippen LogP contribution in [0.1, 0.15) is 0 Å². The van der Waals surface area contributed by atoms with Crippen LogP contribution in [0.3, 0.4) is 0 Å². The lowest BCUT2D eigenvalue weighted by molar-refractivity contribution is 0.654. The van der Waals surface area contributed by atoms with Gasteiger partial charge >= 0.3 is 0 Å². The monoisotopic (exact) mass is 245 g/mol. The third-order valence-electron chi connectivity index (χ3n) is 3.36. The van der Waals surface area contributed by atoms with Crippen molar-refractivity contribution in [3.05, 3.63) is 66.9 Å². The highest BCUT2D eigenvalue weighted by atomic mass is 16.3. The van der Waals surface area contributed by atoms with Crippen LogP contribution in [0.4, 0.5) is 0 Å². The van der Waals surface area contributed by atoms with Crippen molar-refractivity contribution in [2.24, 2.45) is 0 Å². The van der Waals surface area contributed by atoms with Crippen LogP contribution in [0.5, 0.6) is 0 Å². The lowest BCUT2D eigenvalue weighted by atomic mass is 10.0. The molecule has 4 aromatic rings. The number of fused-ring (bicyclic) bond motifs is 3. The van der Waals surface area contributed by atoms with Gasteiger partial charge in [-0.05, 0) is 35.4 Å². The van der Waals surface area contributed by atoms with Crippen molar-refractivity contribution < 1.29 is 4.42 Å². The molecule has 2 heteroatoms. The van der Waals surface area contributed by atoms with Crippen molar-refractivity contribution in [2.75, 3.05) is 0 Å². The first-order valence-corrected chi connectivity index (χ1v) is 6.24. The Morgan fingerprint density at radius 2 is 1.63 bits per heavy atom. The van der Waals surface area contributed by atoms with Crippen molar-refractivity contribution in [3.8, 4) is 11.1 Å². The average molecular weight is 245 g/mol. The van der Waals surface area contributed by atoms with Crippen molar-refractivity contribution in [1.29, 1.82) is 0 Å². The standard InChI is InChI=1S/C17H11NO/c1-2-5-12(6-3-1)13-8-9-14-15-7-4-10-18-17(15)19-16(14)11-13/h1-11H. The first-order chi connectivity index (χ1) is 9.42. The minimum absolute atomic E-state index is 0.697. The number of hydrogen-bond donors (Lipinski definition) is 0. The van der Waals surface area contributed by atoms with Crippen molar-refractivity contribution in [3.63, 3.8) is 0 Å². The van der Waals surface area contributed by atoms with Crippen LogP contribution in [0.15, 0.2) is 71.3 Å². The molecule has 0 amide bonds. The summed E-state index contributed by atoms with van der Waals surface area (Å²) in [4.78, 5) is 4.25. The topological polar surface area (TPSA) is 26.0 Å². The third-order valence-corrected chi connectivity index (χ3v) is 3.36. The number of aromatic nitrogens is 1. The summed E-state index contributed by atoms with van der Waals surface area (Å²) in [5, 5.41) is 2.18. The summed E-state index contributed by atoms with van der Waals surface area (Å²) in [7, 11) is 0. The quantitative estimate of drug-likeness (QED) is 0.488. The van der Waals surface area contributed by atoms with Crippen LogP contribution in [0, 0.1) is 0 Å². The molecule has 2 heterocycles. The van der Waals surface area contributed by atoms with Crippen molar-refractivity contribution in [2.45, 2.75) is 0 Å². The fourth-order valence-corrected chi connectivity index (χ4v) is 2.42. The molecule has 19 heavy (non-hydrogen) atoms. The predicted octanol–water partition coefficient (Wildman–Crippen LogP) is 4.65. The Kier molecular flexibility index (Phi) is 2.15. The minimum Gasteiger partial charge on any atom is -0.438 e. The van der Waals surface area contributed by atoms with Gasteiger partial charge in [0.1, 0.15) is 5.58 Å². The zero-order chi connectivity index (χ0) is 12.7. The maximum absolute atomic E-state index is 5.80. The summed E-state index contributed by atoms with van der Waals surface area (Å²) in [5.41, 5.74) is 3.93. The Balaban J connectivity index is 1.99. The summed E-state index contributed by atoms with van der Waals surface area (Å²) < 4.78 is 5.80. The fourth-order valence-electron chi connectivity index (χ4n) is 2.42. The first kappa shape index (κ1) is 10.3. The zero-order valence-corrected chi connectivity index (χ0v) is 10.2. The maximum Gasteiger partial charge on any atom is 0.227 e. The highest BCUT2D eigenvalue weighted by Gasteiger charge is 2.08. The van der Waals surface area contributed by atoms with Crippen molar-refractivity contribution in [1.82, 2.24) is 4.98 Å². The fraction of sp³-hybridized carbons (Fsp3) is 0. The lowest BCUT2D eigenvalue weighted by Crippen LogP contribution is -1.76. The second-order valence-corrected chi connectivity index (χ2v) is 4.54. The summed E-state index contributed by atoms with van der Waals surface area (Å²) in [6.45, 7) is 0. The normalized spacial score (nSPS) is 11.2. The van der Waals surface area contributed by atoms with E-state index in [1.54, 1.807) is 6.20 Å². The van der Waals surface area contributed by atoms with E-state index in [1.165, 1.54) is 5.56 Å². The molecule has 0 saturated carbocycles. The van der Waals surface area contributed by atoms with E-state index < -0.39 is 0 Å². The molecule has 2 aromatic heterocycles. The number of pyridine rings is 1. The van der Waals surface area contributed by atoms with E-state index in [9.17, 15) is 0 Å². The molecule has 0 aliphatic heterocycles. The van der Waals surface area contributed by atoms with Gasteiger partial charge in [0, 0.05) is 17.0 Å². The van der Waals surface area contributed by atoms with E-state index in [0.29, 0.717) is 5.71 Å². The van der Waals surface area contributed by atoms with Gasteiger partial charge in [-0.25, -0.2) is 4.98 Å². The van der Waals surface area contributed by atoms with Gasteiger partial charge in [0.2, 0.25) is 5.71 Å². The second kappa shape index (κ2) is 3.95. The molecular formula is C17H11NO. The molecular weight excluding hydrogens is 234 g/mol. The van der Waals surface area contributed by atoms with Crippen LogP contribution < -0.4 is 0 Å². The van der Waals surface area contributed by atoms with Gasteiger partial charge in [0.05, 0.1) is 0 Å². The van der Waals surface area contributed by atoms with Gasteiger partial charge in [-0.2, -0.15) is 0 Å². The van der Waals surface area contributed by atoms with Crippen molar-refractivity contribution >= 4 is 22.1 Å². The van der Waals surface area contributed by atoms with E-state index in [4.69, 9.17) is 4.42 Å². The Bertz CT molecular complexity index is 862. The molecule has 0 radical (unpaired) electrons. The summed E-state index contributed by atoms with van der Waals surface area (Å²) in [6.07, 6.45) is 1.75. The third kappa shape index (κ3) is 1.61. The SMILES string of the molecule is c1ccc(-c2ccc3c(c2)oc2ncccc23)cc1. The molecule has 90 valence electrons. The number of rotatable bonds is 1. The second-order valence-electron chi connectivity index (χ2n) is 4.54. The molecule has 0 fully saturated rings. The highest BCUT2D eigenvalue weighted by Crippen LogP contribution is 2.30. The Hall–Kier alpha value is -2.61. The van der Waals surface area contributed by atoms with Gasteiger partial charge in [-0.15, -0.1) is 0 Å². The minimum atomic E-state index is 0.697. The first-order valence-electron chi connectivity index (χ1n) is 6.24. The summed E-state index contributed by atoms with van der Waals surface area (Å²) in [5.74, 6) is 0. The van der Waals surface area contributed by atoms with E-state index in [1.807, 2.05) is 30.3 Å². The maximum atomic E-state index is 5.80. The molecule has 0 unspecified atom stereocenters. The van der Waals surface area contributed by atoms with Crippen LogP contribution in [0.25, 0.3) is 33.2 Å². The smallest absolute Gasteiger partial charge is 0.227 e. The molecule has 0 atom stereocenters. The average Bonchev–Trinajstić information content (AvgIpc) is 2.86. The van der Waals surface area contributed by atoms with E-state index in [-0.39, 0.29) is 0 Å². The van der Waals surface area contributed by atoms with Gasteiger partial charge in [-0.3, -0.25) is 0 Å². The zero-order valence-electron chi connectivity index (χ0n) is 10.2. The van der Waals surface area contributed by atoms with Gasteiger partial charge in [0.15, 0.2) is 0 Å². The van der Waals surface area contributed by atoms with E-state index in [2.05, 4.69) is 35.3 Å². The summed E-state index contributed by atoms with van der Waals surface area (Å²) >= 11 is 0. The molecule has 2 nitrogen and oxygen atoms in total. The van der Waals surface area contributed by atoms with E-state index >= 15 is 0 Å². The van der Waals surface area contributed by atoms with Gasteiger partial charge < -0.3 is 4.42 Å². The number of benzene rings is 2. The van der Waals surface area contributed by atoms with Crippen LogP contribution in [0.2, 0.25) is 0 Å². The molecule has 0 aliphatic carbocycles. The Labute approximate surface area is 110 Å². The van der Waals surface area contributed by atoms with Crippen LogP contribution in [-0.4, -0.2) is 4.98 Å². The molecule has 4 rings (SSSR count).